The number of anilines is 1. The summed E-state index contributed by atoms with van der Waals surface area (Å²) in [5.41, 5.74) is 5.41. The van der Waals surface area contributed by atoms with Gasteiger partial charge in [-0.15, -0.1) is 0 Å². The molecule has 0 saturated heterocycles. The van der Waals surface area contributed by atoms with Crippen LogP contribution in [0.1, 0.15) is 35.0 Å². The Kier molecular flexibility index (Phi) is 4.57. The largest absolute Gasteiger partial charge is 0.358 e. The van der Waals surface area contributed by atoms with E-state index in [1.54, 1.807) is 0 Å². The smallest absolute Gasteiger partial charge is 0.256 e. The van der Waals surface area contributed by atoms with Crippen LogP contribution in [0.25, 0.3) is 21.7 Å². The lowest BCUT2D eigenvalue weighted by atomic mass is 9.91. The summed E-state index contributed by atoms with van der Waals surface area (Å²) in [6.07, 6.45) is 3.27. The van der Waals surface area contributed by atoms with Crippen LogP contribution in [0.15, 0.2) is 60.7 Å². The molecule has 1 atom stereocenters. The number of nitrogens with one attached hydrogen (secondary N) is 3. The van der Waals surface area contributed by atoms with E-state index in [9.17, 15) is 4.79 Å². The first-order valence-corrected chi connectivity index (χ1v) is 10.4. The molecule has 29 heavy (non-hydrogen) atoms. The topological polar surface area (TPSA) is 56.9 Å². The number of aryl methyl sites for hydroxylation is 1. The third-order valence-corrected chi connectivity index (χ3v) is 5.97. The van der Waals surface area contributed by atoms with Crippen molar-refractivity contribution in [3.05, 3.63) is 77.5 Å². The van der Waals surface area contributed by atoms with Crippen LogP contribution in [0.2, 0.25) is 0 Å². The Bertz CT molecular complexity index is 1200. The minimum Gasteiger partial charge on any atom is -0.358 e. The Morgan fingerprint density at radius 1 is 1.07 bits per heavy atom. The number of likely N-dealkylation sites (N-methyl/N-ethyl adjacent to an activating group) is 1. The van der Waals surface area contributed by atoms with Crippen LogP contribution in [-0.4, -0.2) is 23.5 Å². The van der Waals surface area contributed by atoms with E-state index in [1.165, 1.54) is 23.1 Å². The second kappa shape index (κ2) is 7.37. The minimum absolute atomic E-state index is 0.0731. The molecule has 3 N–H and O–H groups in total. The van der Waals surface area contributed by atoms with E-state index >= 15 is 0 Å². The van der Waals surface area contributed by atoms with Gasteiger partial charge >= 0.3 is 0 Å². The summed E-state index contributed by atoms with van der Waals surface area (Å²) in [7, 11) is 0. The van der Waals surface area contributed by atoms with Gasteiger partial charge in [-0.25, -0.2) is 0 Å². The molecule has 4 aromatic rings. The Labute approximate surface area is 170 Å². The highest BCUT2D eigenvalue weighted by atomic mass is 16.1. The van der Waals surface area contributed by atoms with Crippen molar-refractivity contribution in [2.24, 2.45) is 0 Å². The van der Waals surface area contributed by atoms with E-state index in [-0.39, 0.29) is 5.91 Å². The van der Waals surface area contributed by atoms with Gasteiger partial charge in [0.1, 0.15) is 0 Å². The number of fused-ring (bicyclic) bond motifs is 4. The van der Waals surface area contributed by atoms with E-state index in [1.807, 2.05) is 48.5 Å². The molecule has 4 nitrogen and oxygen atoms in total. The number of aromatic amines is 1. The Morgan fingerprint density at radius 2 is 1.93 bits per heavy atom. The standard InChI is InChI=1S/C25H25N3O/c1-2-26-17-10-12-23-21(14-17)22-15-18(11-13-24(22)28-23)27-25(29)20-9-5-7-16-6-3-4-8-19(16)20/h3-9,11,13,15,17,26,28H,2,10,12,14H2,1H3,(H,27,29). The highest BCUT2D eigenvalue weighted by Gasteiger charge is 2.22. The van der Waals surface area contributed by atoms with Gasteiger partial charge in [0, 0.05) is 33.9 Å². The van der Waals surface area contributed by atoms with Crippen LogP contribution in [-0.2, 0) is 12.8 Å². The molecule has 0 saturated carbocycles. The maximum atomic E-state index is 13.0. The van der Waals surface area contributed by atoms with Crippen molar-refractivity contribution in [1.29, 1.82) is 0 Å². The summed E-state index contributed by atoms with van der Waals surface area (Å²) in [5.74, 6) is -0.0731. The third kappa shape index (κ3) is 3.30. The number of hydrogen-bond acceptors (Lipinski definition) is 2. The lowest BCUT2D eigenvalue weighted by molar-refractivity contribution is 0.102. The SMILES string of the molecule is CCNC1CCc2[nH]c3ccc(NC(=O)c4cccc5ccccc45)cc3c2C1. The summed E-state index contributed by atoms with van der Waals surface area (Å²) in [6, 6.07) is 20.5. The van der Waals surface area contributed by atoms with E-state index in [2.05, 4.69) is 34.7 Å². The molecule has 146 valence electrons. The predicted molar refractivity (Wildman–Crippen MR) is 120 cm³/mol. The fraction of sp³-hybridized carbons (Fsp3) is 0.240. The van der Waals surface area contributed by atoms with Gasteiger partial charge in [-0.2, -0.15) is 0 Å². The molecule has 5 rings (SSSR count). The number of rotatable bonds is 4. The summed E-state index contributed by atoms with van der Waals surface area (Å²) in [6.45, 7) is 3.15. The van der Waals surface area contributed by atoms with Crippen molar-refractivity contribution in [3.63, 3.8) is 0 Å². The Hall–Kier alpha value is -3.11. The molecule has 1 amide bonds. The average molecular weight is 383 g/mol. The van der Waals surface area contributed by atoms with Crippen molar-refractivity contribution < 1.29 is 4.79 Å². The molecular weight excluding hydrogens is 358 g/mol. The molecule has 0 fully saturated rings. The Morgan fingerprint density at radius 3 is 2.83 bits per heavy atom. The van der Waals surface area contributed by atoms with Gasteiger partial charge < -0.3 is 15.6 Å². The summed E-state index contributed by atoms with van der Waals surface area (Å²) < 4.78 is 0. The summed E-state index contributed by atoms with van der Waals surface area (Å²) in [5, 5.41) is 9.96. The quantitative estimate of drug-likeness (QED) is 0.462. The molecule has 4 heteroatoms. The van der Waals surface area contributed by atoms with Crippen LogP contribution in [0.3, 0.4) is 0 Å². The van der Waals surface area contributed by atoms with Crippen molar-refractivity contribution in [3.8, 4) is 0 Å². The zero-order valence-corrected chi connectivity index (χ0v) is 16.6. The van der Waals surface area contributed by atoms with Crippen LogP contribution in [0, 0.1) is 0 Å². The molecule has 1 aromatic heterocycles. The predicted octanol–water partition coefficient (Wildman–Crippen LogP) is 5.04. The third-order valence-electron chi connectivity index (χ3n) is 5.97. The second-order valence-corrected chi connectivity index (χ2v) is 7.82. The lowest BCUT2D eigenvalue weighted by Crippen LogP contribution is -2.34. The Balaban J connectivity index is 1.46. The number of H-pyrrole nitrogens is 1. The van der Waals surface area contributed by atoms with Crippen molar-refractivity contribution in [2.75, 3.05) is 11.9 Å². The van der Waals surface area contributed by atoms with Crippen LogP contribution in [0.5, 0.6) is 0 Å². The van der Waals surface area contributed by atoms with Gasteiger partial charge in [-0.3, -0.25) is 4.79 Å². The highest BCUT2D eigenvalue weighted by molar-refractivity contribution is 6.13. The van der Waals surface area contributed by atoms with Crippen molar-refractivity contribution in [1.82, 2.24) is 10.3 Å². The number of carbonyl (C=O) groups is 1. The molecule has 1 aliphatic rings. The number of carbonyl (C=O) groups excluding carboxylic acids is 1. The maximum absolute atomic E-state index is 13.0. The maximum Gasteiger partial charge on any atom is 0.256 e. The van der Waals surface area contributed by atoms with Gasteiger partial charge in [0.25, 0.3) is 5.91 Å². The van der Waals surface area contributed by atoms with Crippen molar-refractivity contribution in [2.45, 2.75) is 32.2 Å². The van der Waals surface area contributed by atoms with E-state index in [4.69, 9.17) is 0 Å². The number of benzene rings is 3. The highest BCUT2D eigenvalue weighted by Crippen LogP contribution is 2.31. The van der Waals surface area contributed by atoms with Crippen LogP contribution < -0.4 is 10.6 Å². The molecule has 0 spiro atoms. The fourth-order valence-electron chi connectivity index (χ4n) is 4.58. The molecule has 0 radical (unpaired) electrons. The van der Waals surface area contributed by atoms with Gasteiger partial charge in [-0.05, 0) is 66.4 Å². The van der Waals surface area contributed by atoms with E-state index in [0.717, 1.165) is 41.4 Å². The zero-order valence-electron chi connectivity index (χ0n) is 16.6. The molecule has 0 aliphatic heterocycles. The second-order valence-electron chi connectivity index (χ2n) is 7.82. The molecule has 1 aliphatic carbocycles. The average Bonchev–Trinajstić information content (AvgIpc) is 3.11. The summed E-state index contributed by atoms with van der Waals surface area (Å²) in [4.78, 5) is 16.6. The number of hydrogen-bond donors (Lipinski definition) is 3. The minimum atomic E-state index is -0.0731. The van der Waals surface area contributed by atoms with Gasteiger partial charge in [0.2, 0.25) is 0 Å². The van der Waals surface area contributed by atoms with Crippen LogP contribution >= 0.6 is 0 Å². The van der Waals surface area contributed by atoms with Gasteiger partial charge in [-0.1, -0.05) is 43.3 Å². The van der Waals surface area contributed by atoms with E-state index in [0.29, 0.717) is 11.6 Å². The lowest BCUT2D eigenvalue weighted by Gasteiger charge is -2.23. The molecular formula is C25H25N3O. The molecule has 0 bridgehead atoms. The first-order valence-electron chi connectivity index (χ1n) is 10.4. The number of amides is 1. The first kappa shape index (κ1) is 18.0. The molecule has 3 aromatic carbocycles. The van der Waals surface area contributed by atoms with E-state index < -0.39 is 0 Å². The first-order chi connectivity index (χ1) is 14.2. The van der Waals surface area contributed by atoms with Crippen LogP contribution in [0.4, 0.5) is 5.69 Å². The summed E-state index contributed by atoms with van der Waals surface area (Å²) >= 11 is 0. The normalized spacial score (nSPS) is 16.1. The van der Waals surface area contributed by atoms with Gasteiger partial charge in [0.05, 0.1) is 0 Å². The van der Waals surface area contributed by atoms with Gasteiger partial charge in [0.15, 0.2) is 0 Å². The molecule has 1 unspecified atom stereocenters. The fourth-order valence-corrected chi connectivity index (χ4v) is 4.58. The van der Waals surface area contributed by atoms with Crippen molar-refractivity contribution >= 4 is 33.3 Å². The monoisotopic (exact) mass is 383 g/mol. The molecule has 1 heterocycles. The number of aromatic nitrogens is 1. The zero-order chi connectivity index (χ0) is 19.8.